The van der Waals surface area contributed by atoms with Crippen LogP contribution >= 0.6 is 0 Å². The quantitative estimate of drug-likeness (QED) is 0.670. The van der Waals surface area contributed by atoms with E-state index in [9.17, 15) is 10.1 Å². The van der Waals surface area contributed by atoms with Gasteiger partial charge in [-0.1, -0.05) is 12.5 Å². The van der Waals surface area contributed by atoms with Gasteiger partial charge in [0, 0.05) is 18.2 Å². The van der Waals surface area contributed by atoms with Crippen molar-refractivity contribution < 1.29 is 4.92 Å². The van der Waals surface area contributed by atoms with E-state index in [4.69, 9.17) is 0 Å². The Kier molecular flexibility index (Phi) is 4.04. The summed E-state index contributed by atoms with van der Waals surface area (Å²) in [6, 6.07) is 5.96. The second kappa shape index (κ2) is 5.57. The average molecular weight is 263 g/mol. The summed E-state index contributed by atoms with van der Waals surface area (Å²) in [4.78, 5) is 10.8. The Morgan fingerprint density at radius 2 is 1.95 bits per heavy atom. The number of nitrogens with one attached hydrogen (secondary N) is 1. The third-order valence-corrected chi connectivity index (χ3v) is 3.79. The molecule has 0 bridgehead atoms. The first-order chi connectivity index (χ1) is 8.99. The van der Waals surface area contributed by atoms with E-state index in [1.165, 1.54) is 6.42 Å². The van der Waals surface area contributed by atoms with E-state index < -0.39 is 0 Å². The fourth-order valence-corrected chi connectivity index (χ4v) is 2.68. The van der Waals surface area contributed by atoms with Crippen molar-refractivity contribution in [1.82, 2.24) is 5.01 Å². The third kappa shape index (κ3) is 3.04. The lowest BCUT2D eigenvalue weighted by Gasteiger charge is -2.39. The number of nitro benzene ring substituents is 1. The fraction of sp³-hybridized carbons (Fsp3) is 0.571. The van der Waals surface area contributed by atoms with Crippen LogP contribution in [0, 0.1) is 17.0 Å². The van der Waals surface area contributed by atoms with Gasteiger partial charge in [-0.2, -0.15) is 0 Å². The molecule has 2 rings (SSSR count). The monoisotopic (exact) mass is 263 g/mol. The van der Waals surface area contributed by atoms with Gasteiger partial charge in [0.25, 0.3) is 5.69 Å². The minimum absolute atomic E-state index is 0.135. The van der Waals surface area contributed by atoms with Crippen LogP contribution in [-0.2, 0) is 0 Å². The van der Waals surface area contributed by atoms with Crippen molar-refractivity contribution in [2.45, 2.75) is 52.1 Å². The van der Waals surface area contributed by atoms with Crippen LogP contribution in [0.3, 0.4) is 0 Å². The van der Waals surface area contributed by atoms with Gasteiger partial charge in [0.1, 0.15) is 5.69 Å². The molecule has 0 aromatic heterocycles. The lowest BCUT2D eigenvalue weighted by atomic mass is 10.00. The number of hydrazine groups is 1. The van der Waals surface area contributed by atoms with Crippen LogP contribution in [0.5, 0.6) is 0 Å². The maximum Gasteiger partial charge on any atom is 0.293 e. The van der Waals surface area contributed by atoms with Crippen molar-refractivity contribution in [3.63, 3.8) is 0 Å². The van der Waals surface area contributed by atoms with Gasteiger partial charge in [-0.25, -0.2) is 5.01 Å². The van der Waals surface area contributed by atoms with Gasteiger partial charge in [-0.3, -0.25) is 10.1 Å². The first kappa shape index (κ1) is 13.8. The second-order valence-corrected chi connectivity index (χ2v) is 5.43. The lowest BCUT2D eigenvalue weighted by Crippen LogP contribution is -2.47. The van der Waals surface area contributed by atoms with Crippen LogP contribution in [0.15, 0.2) is 18.2 Å². The summed E-state index contributed by atoms with van der Waals surface area (Å²) in [7, 11) is 0. The maximum absolute atomic E-state index is 11.1. The van der Waals surface area contributed by atoms with E-state index in [1.54, 1.807) is 12.1 Å². The predicted molar refractivity (Wildman–Crippen MR) is 76.1 cm³/mol. The molecule has 1 N–H and O–H groups in total. The Balaban J connectivity index is 2.26. The fourth-order valence-electron chi connectivity index (χ4n) is 2.68. The van der Waals surface area contributed by atoms with E-state index in [0.29, 0.717) is 17.8 Å². The van der Waals surface area contributed by atoms with Crippen molar-refractivity contribution in [2.24, 2.45) is 0 Å². The molecule has 0 spiro atoms. The first-order valence-corrected chi connectivity index (χ1v) is 6.79. The van der Waals surface area contributed by atoms with Crippen LogP contribution in [0.25, 0.3) is 0 Å². The molecule has 5 nitrogen and oxygen atoms in total. The maximum atomic E-state index is 11.1. The second-order valence-electron chi connectivity index (χ2n) is 5.43. The van der Waals surface area contributed by atoms with Crippen molar-refractivity contribution in [1.29, 1.82) is 0 Å². The molecular formula is C14H21N3O2. The smallest absolute Gasteiger partial charge is 0.293 e. The molecule has 2 unspecified atom stereocenters. The molecule has 0 amide bonds. The zero-order valence-electron chi connectivity index (χ0n) is 11.7. The van der Waals surface area contributed by atoms with Gasteiger partial charge >= 0.3 is 0 Å². The lowest BCUT2D eigenvalue weighted by molar-refractivity contribution is -0.384. The van der Waals surface area contributed by atoms with E-state index >= 15 is 0 Å². The van der Waals surface area contributed by atoms with Gasteiger partial charge in [0.05, 0.1) is 4.92 Å². The largest absolute Gasteiger partial charge is 0.312 e. The molecule has 1 aliphatic rings. The van der Waals surface area contributed by atoms with Gasteiger partial charge in [-0.05, 0) is 45.2 Å². The number of anilines is 1. The van der Waals surface area contributed by atoms with E-state index in [0.717, 1.165) is 18.4 Å². The molecule has 1 aromatic rings. The average Bonchev–Trinajstić information content (AvgIpc) is 2.33. The highest BCUT2D eigenvalue weighted by Gasteiger charge is 2.26. The number of aryl methyl sites for hydroxylation is 1. The Morgan fingerprint density at radius 3 is 2.53 bits per heavy atom. The summed E-state index contributed by atoms with van der Waals surface area (Å²) in [5.41, 5.74) is 5.01. The minimum Gasteiger partial charge on any atom is -0.312 e. The van der Waals surface area contributed by atoms with Crippen LogP contribution in [0.4, 0.5) is 11.4 Å². The molecule has 104 valence electrons. The molecule has 0 saturated carbocycles. The normalized spacial score (nSPS) is 24.2. The highest BCUT2D eigenvalue weighted by molar-refractivity contribution is 5.62. The molecule has 5 heteroatoms. The Labute approximate surface area is 113 Å². The van der Waals surface area contributed by atoms with Gasteiger partial charge in [0.15, 0.2) is 0 Å². The molecule has 1 aromatic carbocycles. The topological polar surface area (TPSA) is 58.4 Å². The van der Waals surface area contributed by atoms with Crippen molar-refractivity contribution >= 4 is 11.4 Å². The zero-order valence-corrected chi connectivity index (χ0v) is 11.7. The number of hydrogen-bond donors (Lipinski definition) is 1. The van der Waals surface area contributed by atoms with E-state index in [1.807, 2.05) is 13.0 Å². The van der Waals surface area contributed by atoms with E-state index in [-0.39, 0.29) is 10.6 Å². The molecule has 19 heavy (non-hydrogen) atoms. The standard InChI is InChI=1S/C14H21N3O2/c1-10-7-8-14(17(18)19)13(9-10)15-16-11(2)5-4-6-12(16)3/h7-9,11-12,15H,4-6H2,1-3H3. The number of nitro groups is 1. The number of piperidine rings is 1. The number of rotatable bonds is 3. The van der Waals surface area contributed by atoms with E-state index in [2.05, 4.69) is 24.3 Å². The van der Waals surface area contributed by atoms with Gasteiger partial charge in [-0.15, -0.1) is 0 Å². The first-order valence-electron chi connectivity index (χ1n) is 6.79. The molecule has 0 radical (unpaired) electrons. The van der Waals surface area contributed by atoms with Crippen LogP contribution < -0.4 is 5.43 Å². The van der Waals surface area contributed by atoms with Crippen LogP contribution in [-0.4, -0.2) is 22.0 Å². The molecule has 1 aliphatic heterocycles. The number of hydrogen-bond acceptors (Lipinski definition) is 4. The summed E-state index contributed by atoms with van der Waals surface area (Å²) in [5, 5.41) is 13.2. The zero-order chi connectivity index (χ0) is 14.0. The van der Waals surface area contributed by atoms with Crippen molar-refractivity contribution in [3.05, 3.63) is 33.9 Å². The molecular weight excluding hydrogens is 242 g/mol. The minimum atomic E-state index is -0.332. The number of nitrogens with zero attached hydrogens (tertiary/aromatic N) is 2. The van der Waals surface area contributed by atoms with Crippen molar-refractivity contribution in [3.8, 4) is 0 Å². The summed E-state index contributed by atoms with van der Waals surface area (Å²) in [6.45, 7) is 6.26. The van der Waals surface area contributed by atoms with Crippen LogP contribution in [0.2, 0.25) is 0 Å². The van der Waals surface area contributed by atoms with Crippen molar-refractivity contribution in [2.75, 3.05) is 5.43 Å². The highest BCUT2D eigenvalue weighted by atomic mass is 16.6. The molecule has 2 atom stereocenters. The summed E-state index contributed by atoms with van der Waals surface area (Å²) >= 11 is 0. The highest BCUT2D eigenvalue weighted by Crippen LogP contribution is 2.29. The Hall–Kier alpha value is -1.62. The Bertz CT molecular complexity index is 466. The molecule has 1 heterocycles. The Morgan fingerprint density at radius 1 is 1.32 bits per heavy atom. The summed E-state index contributed by atoms with van der Waals surface area (Å²) in [5.74, 6) is 0. The third-order valence-electron chi connectivity index (χ3n) is 3.79. The predicted octanol–water partition coefficient (Wildman–Crippen LogP) is 3.49. The molecule has 1 fully saturated rings. The summed E-state index contributed by atoms with van der Waals surface area (Å²) in [6.07, 6.45) is 3.46. The SMILES string of the molecule is Cc1ccc([N+](=O)[O-])c(NN2C(C)CCCC2C)c1. The van der Waals surface area contributed by atoms with Crippen LogP contribution in [0.1, 0.15) is 38.7 Å². The molecule has 1 saturated heterocycles. The summed E-state index contributed by atoms with van der Waals surface area (Å²) < 4.78 is 0. The number of benzene rings is 1. The molecule has 0 aliphatic carbocycles. The van der Waals surface area contributed by atoms with Gasteiger partial charge < -0.3 is 5.43 Å². The van der Waals surface area contributed by atoms with Gasteiger partial charge in [0.2, 0.25) is 0 Å².